The molecule has 0 aromatic carbocycles. The number of anilines is 1. The smallest absolute Gasteiger partial charge is 0.338 e. The maximum atomic E-state index is 13.1. The average Bonchev–Trinajstić information content (AvgIpc) is 2.45. The van der Waals surface area contributed by atoms with Gasteiger partial charge in [-0.05, 0) is 25.8 Å². The van der Waals surface area contributed by atoms with Gasteiger partial charge in [0.1, 0.15) is 5.69 Å². The van der Waals surface area contributed by atoms with Crippen molar-refractivity contribution in [3.63, 3.8) is 0 Å². The summed E-state index contributed by atoms with van der Waals surface area (Å²) in [5, 5.41) is 0. The highest BCUT2D eigenvalue weighted by molar-refractivity contribution is 5.35. The molecule has 2 N–H and O–H groups in total. The lowest BCUT2D eigenvalue weighted by molar-refractivity contribution is -0.141. The van der Waals surface area contributed by atoms with E-state index >= 15 is 0 Å². The number of aromatic nitrogens is 2. The zero-order chi connectivity index (χ0) is 18.1. The molecule has 136 valence electrons. The summed E-state index contributed by atoms with van der Waals surface area (Å²) in [5.74, 6) is 0.0763. The maximum absolute atomic E-state index is 13.1. The van der Waals surface area contributed by atoms with Crippen molar-refractivity contribution in [3.05, 3.63) is 17.5 Å². The van der Waals surface area contributed by atoms with Crippen LogP contribution in [0, 0.1) is 0 Å². The minimum atomic E-state index is -4.47. The minimum Gasteiger partial charge on any atom is -0.338 e. The third-order valence-electron chi connectivity index (χ3n) is 3.90. The predicted octanol–water partition coefficient (Wildman–Crippen LogP) is 2.48. The van der Waals surface area contributed by atoms with Gasteiger partial charge in [-0.25, -0.2) is 9.97 Å². The number of piperazine rings is 1. The molecular weight excluding hydrogens is 319 g/mol. The Kier molecular flexibility index (Phi) is 5.39. The van der Waals surface area contributed by atoms with Gasteiger partial charge in [0.2, 0.25) is 5.95 Å². The number of nitrogens with zero attached hydrogens (tertiary/aromatic N) is 4. The summed E-state index contributed by atoms with van der Waals surface area (Å²) >= 11 is 0. The molecule has 5 nitrogen and oxygen atoms in total. The van der Waals surface area contributed by atoms with E-state index in [-0.39, 0.29) is 17.4 Å². The van der Waals surface area contributed by atoms with Gasteiger partial charge in [0.05, 0.1) is 0 Å². The van der Waals surface area contributed by atoms with E-state index in [2.05, 4.69) is 14.9 Å². The normalized spacial score (nSPS) is 17.6. The van der Waals surface area contributed by atoms with Crippen LogP contribution in [0.1, 0.15) is 45.0 Å². The van der Waals surface area contributed by atoms with Crippen molar-refractivity contribution in [2.45, 2.75) is 45.3 Å². The number of alkyl halides is 3. The lowest BCUT2D eigenvalue weighted by Gasteiger charge is -2.37. The van der Waals surface area contributed by atoms with Crippen LogP contribution < -0.4 is 10.6 Å². The van der Waals surface area contributed by atoms with Gasteiger partial charge in [0.15, 0.2) is 0 Å². The summed E-state index contributed by atoms with van der Waals surface area (Å²) < 4.78 is 39.3. The summed E-state index contributed by atoms with van der Waals surface area (Å²) in [6, 6.07) is 1.04. The van der Waals surface area contributed by atoms with Gasteiger partial charge in [0.25, 0.3) is 0 Å². The molecule has 1 aromatic rings. The molecule has 24 heavy (non-hydrogen) atoms. The predicted molar refractivity (Wildman–Crippen MR) is 88.0 cm³/mol. The third-order valence-corrected chi connectivity index (χ3v) is 3.90. The molecule has 1 aromatic heterocycles. The van der Waals surface area contributed by atoms with Crippen LogP contribution in [-0.2, 0) is 6.18 Å². The Morgan fingerprint density at radius 3 is 2.17 bits per heavy atom. The van der Waals surface area contributed by atoms with Crippen molar-refractivity contribution < 1.29 is 13.2 Å². The van der Waals surface area contributed by atoms with Gasteiger partial charge in [-0.3, -0.25) is 4.90 Å². The van der Waals surface area contributed by atoms with E-state index in [1.807, 2.05) is 32.6 Å². The highest BCUT2D eigenvalue weighted by Gasteiger charge is 2.35. The van der Waals surface area contributed by atoms with E-state index in [1.165, 1.54) is 0 Å². The van der Waals surface area contributed by atoms with E-state index in [9.17, 15) is 13.2 Å². The van der Waals surface area contributed by atoms with Gasteiger partial charge in [-0.1, -0.05) is 13.8 Å². The Morgan fingerprint density at radius 2 is 1.71 bits per heavy atom. The molecule has 0 amide bonds. The van der Waals surface area contributed by atoms with Crippen molar-refractivity contribution in [2.75, 3.05) is 37.6 Å². The number of rotatable bonds is 4. The number of nitrogens with two attached hydrogens (primary N) is 1. The van der Waals surface area contributed by atoms with Crippen molar-refractivity contribution in [1.29, 1.82) is 0 Å². The Balaban J connectivity index is 2.16. The summed E-state index contributed by atoms with van der Waals surface area (Å²) in [6.45, 7) is 11.0. The maximum Gasteiger partial charge on any atom is 0.433 e. The zero-order valence-corrected chi connectivity index (χ0v) is 14.7. The van der Waals surface area contributed by atoms with Gasteiger partial charge >= 0.3 is 6.18 Å². The van der Waals surface area contributed by atoms with Crippen LogP contribution in [0.4, 0.5) is 19.1 Å². The fourth-order valence-electron chi connectivity index (χ4n) is 2.72. The van der Waals surface area contributed by atoms with E-state index in [4.69, 9.17) is 5.73 Å². The van der Waals surface area contributed by atoms with Gasteiger partial charge < -0.3 is 10.6 Å². The van der Waals surface area contributed by atoms with Crippen LogP contribution in [0.3, 0.4) is 0 Å². The van der Waals surface area contributed by atoms with Gasteiger partial charge in [-0.2, -0.15) is 13.2 Å². The molecule has 0 aliphatic carbocycles. The molecule has 0 radical (unpaired) electrons. The highest BCUT2D eigenvalue weighted by atomic mass is 19.4. The molecule has 0 saturated carbocycles. The summed E-state index contributed by atoms with van der Waals surface area (Å²) in [4.78, 5) is 12.1. The first-order valence-corrected chi connectivity index (χ1v) is 8.18. The molecule has 0 bridgehead atoms. The summed E-state index contributed by atoms with van der Waals surface area (Å²) in [7, 11) is 0. The topological polar surface area (TPSA) is 58.3 Å². The Labute approximate surface area is 141 Å². The molecule has 0 unspecified atom stereocenters. The molecular formula is C16H26F3N5. The Hall–Kier alpha value is -1.41. The van der Waals surface area contributed by atoms with Crippen molar-refractivity contribution in [3.8, 4) is 0 Å². The largest absolute Gasteiger partial charge is 0.433 e. The van der Waals surface area contributed by atoms with Crippen LogP contribution >= 0.6 is 0 Å². The van der Waals surface area contributed by atoms with Crippen LogP contribution in [0.15, 0.2) is 6.07 Å². The van der Waals surface area contributed by atoms with Crippen LogP contribution in [0.5, 0.6) is 0 Å². The monoisotopic (exact) mass is 345 g/mol. The Morgan fingerprint density at radius 1 is 1.12 bits per heavy atom. The zero-order valence-electron chi connectivity index (χ0n) is 14.7. The minimum absolute atomic E-state index is 0.0906. The molecule has 0 atom stereocenters. The number of hydrogen-bond donors (Lipinski definition) is 1. The molecule has 8 heteroatoms. The highest BCUT2D eigenvalue weighted by Crippen LogP contribution is 2.30. The summed E-state index contributed by atoms with van der Waals surface area (Å²) in [5.41, 5.74) is 5.28. The SMILES string of the molecule is CC(C)c1cc(C(F)(F)F)nc(N2CCN(CC(C)(C)N)CC2)n1. The van der Waals surface area contributed by atoms with Crippen molar-refractivity contribution in [2.24, 2.45) is 5.73 Å². The van der Waals surface area contributed by atoms with E-state index in [1.54, 1.807) is 0 Å². The van der Waals surface area contributed by atoms with Gasteiger partial charge in [0, 0.05) is 44.0 Å². The fourth-order valence-corrected chi connectivity index (χ4v) is 2.72. The van der Waals surface area contributed by atoms with Gasteiger partial charge in [-0.15, -0.1) is 0 Å². The van der Waals surface area contributed by atoms with Crippen molar-refractivity contribution in [1.82, 2.24) is 14.9 Å². The Bertz CT molecular complexity index is 558. The molecule has 0 spiro atoms. The number of hydrogen-bond acceptors (Lipinski definition) is 5. The molecule has 2 rings (SSSR count). The van der Waals surface area contributed by atoms with E-state index in [0.717, 1.165) is 25.7 Å². The van der Waals surface area contributed by atoms with Crippen LogP contribution in [0.2, 0.25) is 0 Å². The number of halogens is 3. The molecule has 1 fully saturated rings. The second kappa shape index (κ2) is 6.84. The second-order valence-electron chi connectivity index (χ2n) is 7.38. The van der Waals surface area contributed by atoms with E-state index < -0.39 is 11.9 Å². The lowest BCUT2D eigenvalue weighted by atomic mass is 10.1. The second-order valence-corrected chi connectivity index (χ2v) is 7.38. The standard InChI is InChI=1S/C16H26F3N5/c1-11(2)12-9-13(16(17,18)19)22-14(21-12)24-7-5-23(6-8-24)10-15(3,4)20/h9,11H,5-8,10,20H2,1-4H3. The first-order chi connectivity index (χ1) is 11.0. The lowest BCUT2D eigenvalue weighted by Crippen LogP contribution is -2.53. The summed E-state index contributed by atoms with van der Waals surface area (Å²) in [6.07, 6.45) is -4.47. The van der Waals surface area contributed by atoms with Crippen molar-refractivity contribution >= 4 is 5.95 Å². The molecule has 2 heterocycles. The quantitative estimate of drug-likeness (QED) is 0.908. The fraction of sp³-hybridized carbons (Fsp3) is 0.750. The molecule has 1 aliphatic rings. The molecule has 1 aliphatic heterocycles. The third kappa shape index (κ3) is 5.04. The van der Waals surface area contributed by atoms with Crippen LogP contribution in [-0.4, -0.2) is 53.1 Å². The average molecular weight is 345 g/mol. The van der Waals surface area contributed by atoms with Crippen LogP contribution in [0.25, 0.3) is 0 Å². The first kappa shape index (κ1) is 18.9. The van der Waals surface area contributed by atoms with E-state index in [0.29, 0.717) is 18.8 Å². The molecule has 1 saturated heterocycles. The first-order valence-electron chi connectivity index (χ1n) is 8.18.